The van der Waals surface area contributed by atoms with Crippen LogP contribution in [0.3, 0.4) is 0 Å². The lowest BCUT2D eigenvalue weighted by Gasteiger charge is -2.18. The minimum atomic E-state index is -0.364. The fourth-order valence-electron chi connectivity index (χ4n) is 3.34. The topological polar surface area (TPSA) is 60.4 Å². The molecule has 0 spiro atoms. The van der Waals surface area contributed by atoms with Crippen molar-refractivity contribution in [2.45, 2.75) is 58.4 Å². The van der Waals surface area contributed by atoms with E-state index in [1.807, 2.05) is 6.92 Å². The first-order valence-electron chi connectivity index (χ1n) is 8.47. The minimum Gasteiger partial charge on any atom is -0.317 e. The first-order valence-corrected chi connectivity index (χ1v) is 9.35. The molecule has 128 valence electrons. The lowest BCUT2D eigenvalue weighted by Crippen LogP contribution is -2.22. The third-order valence-electron chi connectivity index (χ3n) is 4.66. The molecular formula is C18H23N3O2S. The Balaban J connectivity index is 2.08. The third kappa shape index (κ3) is 3.29. The van der Waals surface area contributed by atoms with Gasteiger partial charge in [-0.05, 0) is 37.3 Å². The normalized spacial score (nSPS) is 16.2. The molecule has 3 rings (SSSR count). The van der Waals surface area contributed by atoms with E-state index in [-0.39, 0.29) is 10.6 Å². The standard InChI is InChI=1S/C18H23N3O2S/c1-12(2)17-11-24-18(20(17)14-6-4-5-7-14)19-16-9-8-15(21(22)23)10-13(16)3/h8-12,14H,4-7H2,1-3H3. The zero-order chi connectivity index (χ0) is 17.3. The van der Waals surface area contributed by atoms with E-state index < -0.39 is 0 Å². The van der Waals surface area contributed by atoms with E-state index in [0.717, 1.165) is 16.1 Å². The molecule has 1 fully saturated rings. The number of hydrogen-bond acceptors (Lipinski definition) is 4. The van der Waals surface area contributed by atoms with Crippen molar-refractivity contribution in [3.63, 3.8) is 0 Å². The van der Waals surface area contributed by atoms with Crippen molar-refractivity contribution in [1.29, 1.82) is 0 Å². The van der Waals surface area contributed by atoms with Crippen LogP contribution in [0.4, 0.5) is 11.4 Å². The fourth-order valence-corrected chi connectivity index (χ4v) is 4.47. The van der Waals surface area contributed by atoms with Crippen molar-refractivity contribution in [2.75, 3.05) is 0 Å². The van der Waals surface area contributed by atoms with E-state index in [1.165, 1.54) is 37.4 Å². The van der Waals surface area contributed by atoms with Crippen LogP contribution in [0.5, 0.6) is 0 Å². The summed E-state index contributed by atoms with van der Waals surface area (Å²) in [5.41, 5.74) is 3.10. The van der Waals surface area contributed by atoms with Gasteiger partial charge in [0.05, 0.1) is 10.6 Å². The summed E-state index contributed by atoms with van der Waals surface area (Å²) in [4.78, 5) is 16.4. The number of thiazole rings is 1. The number of hydrogen-bond donors (Lipinski definition) is 0. The Morgan fingerprint density at radius 2 is 2.04 bits per heavy atom. The van der Waals surface area contributed by atoms with E-state index >= 15 is 0 Å². The zero-order valence-corrected chi connectivity index (χ0v) is 15.2. The molecule has 1 saturated carbocycles. The molecule has 0 radical (unpaired) electrons. The molecule has 6 heteroatoms. The molecule has 0 bridgehead atoms. The highest BCUT2D eigenvalue weighted by molar-refractivity contribution is 7.07. The van der Waals surface area contributed by atoms with Gasteiger partial charge in [-0.3, -0.25) is 10.1 Å². The van der Waals surface area contributed by atoms with Crippen LogP contribution < -0.4 is 4.80 Å². The maximum Gasteiger partial charge on any atom is 0.269 e. The SMILES string of the molecule is Cc1cc([N+](=O)[O-])ccc1N=c1scc(C(C)C)n1C1CCCC1. The number of rotatable bonds is 4. The van der Waals surface area contributed by atoms with Gasteiger partial charge in [-0.15, -0.1) is 11.3 Å². The van der Waals surface area contributed by atoms with Gasteiger partial charge >= 0.3 is 0 Å². The molecule has 1 aliphatic carbocycles. The van der Waals surface area contributed by atoms with E-state index in [2.05, 4.69) is 23.8 Å². The maximum absolute atomic E-state index is 10.9. The highest BCUT2D eigenvalue weighted by Gasteiger charge is 2.22. The molecular weight excluding hydrogens is 322 g/mol. The predicted octanol–water partition coefficient (Wildman–Crippen LogP) is 5.24. The molecule has 1 aliphatic rings. The van der Waals surface area contributed by atoms with Crippen molar-refractivity contribution < 1.29 is 4.92 Å². The predicted molar refractivity (Wildman–Crippen MR) is 97.0 cm³/mol. The lowest BCUT2D eigenvalue weighted by molar-refractivity contribution is -0.384. The highest BCUT2D eigenvalue weighted by atomic mass is 32.1. The maximum atomic E-state index is 10.9. The number of benzene rings is 1. The molecule has 0 unspecified atom stereocenters. The summed E-state index contributed by atoms with van der Waals surface area (Å²) in [6.07, 6.45) is 4.98. The Labute approximate surface area is 145 Å². The van der Waals surface area contributed by atoms with Crippen LogP contribution in [0.25, 0.3) is 0 Å². The zero-order valence-electron chi connectivity index (χ0n) is 14.4. The van der Waals surface area contributed by atoms with Gasteiger partial charge in [0.2, 0.25) is 0 Å². The van der Waals surface area contributed by atoms with Crippen molar-refractivity contribution in [1.82, 2.24) is 4.57 Å². The van der Waals surface area contributed by atoms with Gasteiger partial charge in [0.15, 0.2) is 4.80 Å². The molecule has 1 aromatic carbocycles. The van der Waals surface area contributed by atoms with Gasteiger partial charge in [0.25, 0.3) is 5.69 Å². The van der Waals surface area contributed by atoms with E-state index in [1.54, 1.807) is 23.5 Å². The first kappa shape index (κ1) is 16.9. The van der Waals surface area contributed by atoms with Crippen LogP contribution in [0.15, 0.2) is 28.6 Å². The Morgan fingerprint density at radius 3 is 2.62 bits per heavy atom. The van der Waals surface area contributed by atoms with Crippen molar-refractivity contribution in [3.05, 3.63) is 49.8 Å². The summed E-state index contributed by atoms with van der Waals surface area (Å²) >= 11 is 1.67. The summed E-state index contributed by atoms with van der Waals surface area (Å²) in [6.45, 7) is 6.31. The molecule has 0 aliphatic heterocycles. The number of nitro groups is 1. The molecule has 5 nitrogen and oxygen atoms in total. The van der Waals surface area contributed by atoms with Crippen LogP contribution in [-0.2, 0) is 0 Å². The number of non-ortho nitro benzene ring substituents is 1. The fraction of sp³-hybridized carbons (Fsp3) is 0.500. The van der Waals surface area contributed by atoms with E-state index in [9.17, 15) is 10.1 Å². The van der Waals surface area contributed by atoms with Crippen molar-refractivity contribution >= 4 is 22.7 Å². The summed E-state index contributed by atoms with van der Waals surface area (Å²) in [7, 11) is 0. The van der Waals surface area contributed by atoms with E-state index in [4.69, 9.17) is 4.99 Å². The Morgan fingerprint density at radius 1 is 1.33 bits per heavy atom. The number of aryl methyl sites for hydroxylation is 1. The second kappa shape index (κ2) is 6.89. The summed E-state index contributed by atoms with van der Waals surface area (Å²) in [5.74, 6) is 0.462. The molecule has 0 amide bonds. The quantitative estimate of drug-likeness (QED) is 0.562. The van der Waals surface area contributed by atoms with Gasteiger partial charge in [-0.2, -0.15) is 0 Å². The number of nitrogens with zero attached hydrogens (tertiary/aromatic N) is 3. The molecule has 0 N–H and O–H groups in total. The average Bonchev–Trinajstić information content (AvgIpc) is 3.17. The largest absolute Gasteiger partial charge is 0.317 e. The van der Waals surface area contributed by atoms with Gasteiger partial charge in [-0.25, -0.2) is 4.99 Å². The second-order valence-corrected chi connectivity index (χ2v) is 7.58. The monoisotopic (exact) mass is 345 g/mol. The smallest absolute Gasteiger partial charge is 0.269 e. The summed E-state index contributed by atoms with van der Waals surface area (Å²) < 4.78 is 2.41. The van der Waals surface area contributed by atoms with Crippen LogP contribution in [0, 0.1) is 17.0 Å². The van der Waals surface area contributed by atoms with Crippen LogP contribution in [0.2, 0.25) is 0 Å². The average molecular weight is 345 g/mol. The molecule has 0 saturated heterocycles. The van der Waals surface area contributed by atoms with Crippen LogP contribution in [-0.4, -0.2) is 9.49 Å². The molecule has 0 atom stereocenters. The van der Waals surface area contributed by atoms with Crippen LogP contribution >= 0.6 is 11.3 Å². The minimum absolute atomic E-state index is 0.115. The van der Waals surface area contributed by atoms with Gasteiger partial charge < -0.3 is 4.57 Å². The van der Waals surface area contributed by atoms with Gasteiger partial charge in [-0.1, -0.05) is 26.7 Å². The summed E-state index contributed by atoms with van der Waals surface area (Å²) in [5, 5.41) is 13.1. The lowest BCUT2D eigenvalue weighted by atomic mass is 10.1. The van der Waals surface area contributed by atoms with E-state index in [0.29, 0.717) is 12.0 Å². The Bertz CT molecular complexity index is 814. The summed E-state index contributed by atoms with van der Waals surface area (Å²) in [6, 6.07) is 5.41. The number of nitro benzene ring substituents is 1. The Kier molecular flexibility index (Phi) is 4.85. The van der Waals surface area contributed by atoms with Crippen LogP contribution in [0.1, 0.15) is 62.7 Å². The van der Waals surface area contributed by atoms with Gasteiger partial charge in [0.1, 0.15) is 0 Å². The van der Waals surface area contributed by atoms with Gasteiger partial charge in [0, 0.05) is 29.2 Å². The first-order chi connectivity index (χ1) is 11.5. The van der Waals surface area contributed by atoms with Crippen molar-refractivity contribution in [3.8, 4) is 0 Å². The highest BCUT2D eigenvalue weighted by Crippen LogP contribution is 2.32. The molecule has 24 heavy (non-hydrogen) atoms. The molecule has 1 heterocycles. The third-order valence-corrected chi connectivity index (χ3v) is 5.52. The molecule has 2 aromatic rings. The molecule has 1 aromatic heterocycles. The van der Waals surface area contributed by atoms with Crippen molar-refractivity contribution in [2.24, 2.45) is 4.99 Å². The second-order valence-electron chi connectivity index (χ2n) is 6.75. The Hall–Kier alpha value is -1.95. The number of aromatic nitrogens is 1.